The molecule has 2 aromatic heterocycles. The molecule has 17 heavy (non-hydrogen) atoms. The van der Waals surface area contributed by atoms with Crippen LogP contribution in [0, 0.1) is 25.2 Å². The second kappa shape index (κ2) is 5.46. The van der Waals surface area contributed by atoms with Crippen LogP contribution in [0.25, 0.3) is 0 Å². The fraction of sp³-hybridized carbons (Fsp3) is 0.200. The summed E-state index contributed by atoms with van der Waals surface area (Å²) < 4.78 is 9.28. The average molecular weight is 234 g/mol. The van der Waals surface area contributed by atoms with Crippen molar-refractivity contribution in [3.8, 4) is 6.07 Å². The number of hydrogen-bond donors (Lipinski definition) is 1. The summed E-state index contributed by atoms with van der Waals surface area (Å²) in [5.74, 6) is -0.148. The van der Waals surface area contributed by atoms with Gasteiger partial charge in [-0.3, -0.25) is 4.79 Å². The first kappa shape index (κ1) is 12.4. The smallest absolute Gasteiger partial charge is 0.286 e. The normalized spacial score (nSPS) is 9.00. The minimum absolute atomic E-state index is 0.134. The highest BCUT2D eigenvalue weighted by Gasteiger charge is 2.07. The SMILES string of the molecule is Cc1ncoc1C#N.Cc1ncoc1C(N)=O. The van der Waals surface area contributed by atoms with E-state index in [1.54, 1.807) is 13.8 Å². The van der Waals surface area contributed by atoms with Crippen molar-refractivity contribution in [2.45, 2.75) is 13.8 Å². The van der Waals surface area contributed by atoms with Crippen molar-refractivity contribution < 1.29 is 13.6 Å². The first-order valence-corrected chi connectivity index (χ1v) is 4.56. The summed E-state index contributed by atoms with van der Waals surface area (Å²) in [5, 5.41) is 8.22. The van der Waals surface area contributed by atoms with Crippen LogP contribution in [-0.2, 0) is 0 Å². The monoisotopic (exact) mass is 234 g/mol. The number of nitrogens with zero attached hydrogens (tertiary/aromatic N) is 3. The van der Waals surface area contributed by atoms with E-state index in [-0.39, 0.29) is 5.76 Å². The van der Waals surface area contributed by atoms with Crippen LogP contribution in [-0.4, -0.2) is 15.9 Å². The van der Waals surface area contributed by atoms with Gasteiger partial charge in [0.25, 0.3) is 5.91 Å². The van der Waals surface area contributed by atoms with E-state index in [1.165, 1.54) is 12.8 Å². The van der Waals surface area contributed by atoms with Gasteiger partial charge >= 0.3 is 0 Å². The molecule has 0 aliphatic rings. The van der Waals surface area contributed by atoms with E-state index in [9.17, 15) is 4.79 Å². The van der Waals surface area contributed by atoms with Crippen molar-refractivity contribution in [2.75, 3.05) is 0 Å². The van der Waals surface area contributed by atoms with E-state index in [0.29, 0.717) is 17.1 Å². The van der Waals surface area contributed by atoms with Crippen molar-refractivity contribution in [1.82, 2.24) is 9.97 Å². The number of amides is 1. The standard InChI is InChI=1S/C5H6N2O2.C5H4N2O/c1-3-4(5(6)8)9-2-7-3;1-4-5(2-6)8-3-7-4/h2H,1H3,(H2,6,8);3H,1H3. The molecule has 0 aromatic carbocycles. The molecule has 0 saturated carbocycles. The second-order valence-electron chi connectivity index (χ2n) is 3.01. The minimum Gasteiger partial charge on any atom is -0.438 e. The van der Waals surface area contributed by atoms with E-state index in [0.717, 1.165) is 0 Å². The van der Waals surface area contributed by atoms with Crippen LogP contribution in [0.15, 0.2) is 21.6 Å². The van der Waals surface area contributed by atoms with Gasteiger partial charge in [-0.15, -0.1) is 0 Å². The summed E-state index contributed by atoms with van der Waals surface area (Å²) in [7, 11) is 0. The topological polar surface area (TPSA) is 119 Å². The Hall–Kier alpha value is -2.62. The van der Waals surface area contributed by atoms with Crippen LogP contribution < -0.4 is 5.73 Å². The maximum absolute atomic E-state index is 10.4. The molecule has 0 aliphatic heterocycles. The van der Waals surface area contributed by atoms with Gasteiger partial charge in [-0.2, -0.15) is 5.26 Å². The molecule has 0 aliphatic carbocycles. The lowest BCUT2D eigenvalue weighted by molar-refractivity contribution is 0.0973. The first-order valence-electron chi connectivity index (χ1n) is 4.56. The molecule has 0 spiro atoms. The number of primary amides is 1. The number of carbonyl (C=O) groups is 1. The maximum atomic E-state index is 10.4. The molecule has 0 unspecified atom stereocenters. The molecule has 88 valence electrons. The average Bonchev–Trinajstić information content (AvgIpc) is 2.87. The zero-order valence-corrected chi connectivity index (χ0v) is 9.30. The largest absolute Gasteiger partial charge is 0.438 e. The Morgan fingerprint density at radius 3 is 2.12 bits per heavy atom. The van der Waals surface area contributed by atoms with Crippen LogP contribution in [0.2, 0.25) is 0 Å². The summed E-state index contributed by atoms with van der Waals surface area (Å²) in [5.41, 5.74) is 6.06. The van der Waals surface area contributed by atoms with Gasteiger partial charge in [0.05, 0.1) is 11.4 Å². The van der Waals surface area contributed by atoms with E-state index in [2.05, 4.69) is 18.8 Å². The van der Waals surface area contributed by atoms with Crippen molar-refractivity contribution in [2.24, 2.45) is 5.73 Å². The molecule has 0 bridgehead atoms. The number of hydrogen-bond acceptors (Lipinski definition) is 6. The minimum atomic E-state index is -0.579. The quantitative estimate of drug-likeness (QED) is 0.783. The Morgan fingerprint density at radius 2 is 1.88 bits per heavy atom. The molecular formula is C10H10N4O3. The Labute approximate surface area is 96.9 Å². The van der Waals surface area contributed by atoms with Crippen LogP contribution in [0.4, 0.5) is 0 Å². The number of nitriles is 1. The summed E-state index contributed by atoms with van der Waals surface area (Å²) in [6.45, 7) is 3.38. The number of rotatable bonds is 1. The lowest BCUT2D eigenvalue weighted by atomic mass is 10.4. The van der Waals surface area contributed by atoms with E-state index in [4.69, 9.17) is 11.0 Å². The van der Waals surface area contributed by atoms with Gasteiger partial charge in [-0.1, -0.05) is 0 Å². The lowest BCUT2D eigenvalue weighted by Crippen LogP contribution is -2.10. The first-order chi connectivity index (χ1) is 8.06. The molecule has 0 fully saturated rings. The van der Waals surface area contributed by atoms with Gasteiger partial charge in [-0.25, -0.2) is 9.97 Å². The van der Waals surface area contributed by atoms with E-state index in [1.807, 2.05) is 6.07 Å². The van der Waals surface area contributed by atoms with Gasteiger partial charge in [0.1, 0.15) is 6.07 Å². The maximum Gasteiger partial charge on any atom is 0.286 e. The fourth-order valence-corrected chi connectivity index (χ4v) is 0.948. The lowest BCUT2D eigenvalue weighted by Gasteiger charge is -1.84. The summed E-state index contributed by atoms with van der Waals surface area (Å²) in [6, 6.07) is 1.85. The predicted octanol–water partition coefficient (Wildman–Crippen LogP) is 0.937. The van der Waals surface area contributed by atoms with Gasteiger partial charge in [0.2, 0.25) is 11.5 Å². The highest BCUT2D eigenvalue weighted by Crippen LogP contribution is 2.02. The van der Waals surface area contributed by atoms with Crippen LogP contribution in [0.3, 0.4) is 0 Å². The Kier molecular flexibility index (Phi) is 4.00. The van der Waals surface area contributed by atoms with Gasteiger partial charge in [-0.05, 0) is 13.8 Å². The van der Waals surface area contributed by atoms with E-state index >= 15 is 0 Å². The third-order valence-electron chi connectivity index (χ3n) is 1.82. The zero-order valence-electron chi connectivity index (χ0n) is 9.30. The molecule has 2 rings (SSSR count). The number of nitrogens with two attached hydrogens (primary N) is 1. The Bertz CT molecular complexity index is 550. The molecule has 2 N–H and O–H groups in total. The van der Waals surface area contributed by atoms with Crippen molar-refractivity contribution in [3.63, 3.8) is 0 Å². The van der Waals surface area contributed by atoms with Gasteiger partial charge < -0.3 is 14.6 Å². The fourth-order valence-electron chi connectivity index (χ4n) is 0.948. The van der Waals surface area contributed by atoms with Gasteiger partial charge in [0.15, 0.2) is 12.8 Å². The van der Waals surface area contributed by atoms with Crippen LogP contribution >= 0.6 is 0 Å². The van der Waals surface area contributed by atoms with Crippen molar-refractivity contribution in [1.29, 1.82) is 5.26 Å². The highest BCUT2D eigenvalue weighted by atomic mass is 16.3. The molecule has 0 atom stereocenters. The van der Waals surface area contributed by atoms with Gasteiger partial charge in [0, 0.05) is 0 Å². The van der Waals surface area contributed by atoms with Crippen LogP contribution in [0.1, 0.15) is 27.7 Å². The summed E-state index contributed by atoms with van der Waals surface area (Å²) in [6.07, 6.45) is 2.45. The molecule has 2 heterocycles. The third-order valence-corrected chi connectivity index (χ3v) is 1.82. The molecular weight excluding hydrogens is 224 g/mol. The summed E-state index contributed by atoms with van der Waals surface area (Å²) in [4.78, 5) is 17.7. The number of aryl methyl sites for hydroxylation is 2. The molecule has 0 saturated heterocycles. The third kappa shape index (κ3) is 3.17. The van der Waals surface area contributed by atoms with Crippen molar-refractivity contribution in [3.05, 3.63) is 35.7 Å². The summed E-state index contributed by atoms with van der Waals surface area (Å²) >= 11 is 0. The molecule has 1 amide bonds. The van der Waals surface area contributed by atoms with Crippen LogP contribution in [0.5, 0.6) is 0 Å². The molecule has 7 heteroatoms. The number of oxazole rings is 2. The molecule has 0 radical (unpaired) electrons. The van der Waals surface area contributed by atoms with Crippen molar-refractivity contribution >= 4 is 5.91 Å². The predicted molar refractivity (Wildman–Crippen MR) is 55.7 cm³/mol. The number of aromatic nitrogens is 2. The highest BCUT2D eigenvalue weighted by molar-refractivity contribution is 5.90. The number of carbonyl (C=O) groups excluding carboxylic acids is 1. The molecule has 7 nitrogen and oxygen atoms in total. The van der Waals surface area contributed by atoms with E-state index < -0.39 is 5.91 Å². The molecule has 2 aromatic rings. The Morgan fingerprint density at radius 1 is 1.29 bits per heavy atom. The Balaban J connectivity index is 0.000000171. The second-order valence-corrected chi connectivity index (χ2v) is 3.01. The zero-order chi connectivity index (χ0) is 12.8.